The largest absolute Gasteiger partial charge is 0.354 e. The van der Waals surface area contributed by atoms with Gasteiger partial charge in [0.15, 0.2) is 0 Å². The molecule has 2 aromatic rings. The number of carbonyl (C=O) groups is 1. The smallest absolute Gasteiger partial charge is 0.274 e. The maximum Gasteiger partial charge on any atom is 0.274 e. The van der Waals surface area contributed by atoms with Gasteiger partial charge in [-0.15, -0.1) is 0 Å². The van der Waals surface area contributed by atoms with Crippen molar-refractivity contribution >= 4 is 17.4 Å². The minimum Gasteiger partial charge on any atom is -0.354 e. The van der Waals surface area contributed by atoms with Gasteiger partial charge in [0.25, 0.3) is 5.91 Å². The summed E-state index contributed by atoms with van der Waals surface area (Å²) >= 11 is 0. The molecule has 1 aliphatic rings. The van der Waals surface area contributed by atoms with E-state index in [1.807, 2.05) is 0 Å². The average molecular weight is 342 g/mol. The summed E-state index contributed by atoms with van der Waals surface area (Å²) in [4.78, 5) is 23.5. The first-order chi connectivity index (χ1) is 12.1. The molecule has 132 valence electrons. The van der Waals surface area contributed by atoms with Crippen molar-refractivity contribution < 1.29 is 9.18 Å². The number of hydrogen-bond donors (Lipinski definition) is 1. The molecule has 1 amide bonds. The van der Waals surface area contributed by atoms with Gasteiger partial charge >= 0.3 is 0 Å². The molecular formula is C19H23FN4O. The first kappa shape index (κ1) is 17.3. The molecule has 1 aromatic carbocycles. The van der Waals surface area contributed by atoms with Crippen LogP contribution in [0.3, 0.4) is 0 Å². The fraction of sp³-hybridized carbons (Fsp3) is 0.421. The van der Waals surface area contributed by atoms with Crippen LogP contribution in [0.15, 0.2) is 30.3 Å². The Hall–Kier alpha value is -2.50. The molecule has 6 heteroatoms. The van der Waals surface area contributed by atoms with Gasteiger partial charge in [-0.05, 0) is 44.7 Å². The highest BCUT2D eigenvalue weighted by Crippen LogP contribution is 2.25. The second-order valence-electron chi connectivity index (χ2n) is 6.34. The molecule has 0 aliphatic carbocycles. The lowest BCUT2D eigenvalue weighted by Crippen LogP contribution is -2.40. The Morgan fingerprint density at radius 1 is 1.32 bits per heavy atom. The predicted molar refractivity (Wildman–Crippen MR) is 96.4 cm³/mol. The Morgan fingerprint density at radius 3 is 2.88 bits per heavy atom. The van der Waals surface area contributed by atoms with E-state index in [0.717, 1.165) is 31.6 Å². The molecule has 1 atom stereocenters. The van der Waals surface area contributed by atoms with Crippen molar-refractivity contribution in [1.29, 1.82) is 0 Å². The van der Waals surface area contributed by atoms with E-state index in [1.54, 1.807) is 25.1 Å². The lowest BCUT2D eigenvalue weighted by molar-refractivity contribution is 0.102. The number of aryl methyl sites for hydroxylation is 1. The lowest BCUT2D eigenvalue weighted by Gasteiger charge is -2.36. The van der Waals surface area contributed by atoms with Crippen molar-refractivity contribution in [2.75, 3.05) is 16.8 Å². The molecule has 1 aromatic heterocycles. The number of hydrogen-bond acceptors (Lipinski definition) is 4. The number of carbonyl (C=O) groups excluding carboxylic acids is 1. The van der Waals surface area contributed by atoms with Crippen LogP contribution in [0.2, 0.25) is 0 Å². The molecule has 1 unspecified atom stereocenters. The summed E-state index contributed by atoms with van der Waals surface area (Å²) in [5.74, 6) is 0.417. The van der Waals surface area contributed by atoms with E-state index in [4.69, 9.17) is 0 Å². The molecule has 5 nitrogen and oxygen atoms in total. The van der Waals surface area contributed by atoms with E-state index in [-0.39, 0.29) is 11.4 Å². The van der Waals surface area contributed by atoms with E-state index < -0.39 is 11.7 Å². The number of anilines is 2. The highest BCUT2D eigenvalue weighted by molar-refractivity contribution is 6.03. The quantitative estimate of drug-likeness (QED) is 0.914. The van der Waals surface area contributed by atoms with Crippen molar-refractivity contribution in [3.8, 4) is 0 Å². The van der Waals surface area contributed by atoms with Crippen LogP contribution in [0, 0.1) is 12.7 Å². The van der Waals surface area contributed by atoms with Crippen molar-refractivity contribution in [2.24, 2.45) is 0 Å². The molecule has 1 aliphatic heterocycles. The number of rotatable bonds is 4. The highest BCUT2D eigenvalue weighted by Gasteiger charge is 2.23. The SMILES string of the molecule is CCC1CCCCN1c1cc(C(=O)Nc2ccccc2F)nc(C)n1. The van der Waals surface area contributed by atoms with Gasteiger partial charge in [0, 0.05) is 18.7 Å². The summed E-state index contributed by atoms with van der Waals surface area (Å²) in [5, 5.41) is 2.59. The van der Waals surface area contributed by atoms with Crippen LogP contribution in [-0.2, 0) is 0 Å². The first-order valence-electron chi connectivity index (χ1n) is 8.76. The zero-order chi connectivity index (χ0) is 17.8. The summed E-state index contributed by atoms with van der Waals surface area (Å²) in [7, 11) is 0. The van der Waals surface area contributed by atoms with Crippen molar-refractivity contribution in [3.63, 3.8) is 0 Å². The summed E-state index contributed by atoms with van der Waals surface area (Å²) < 4.78 is 13.8. The van der Waals surface area contributed by atoms with Crippen LogP contribution in [-0.4, -0.2) is 28.5 Å². The monoisotopic (exact) mass is 342 g/mol. The zero-order valence-electron chi connectivity index (χ0n) is 14.6. The fourth-order valence-electron chi connectivity index (χ4n) is 3.29. The Morgan fingerprint density at radius 2 is 2.12 bits per heavy atom. The van der Waals surface area contributed by atoms with Crippen molar-refractivity contribution in [1.82, 2.24) is 9.97 Å². The molecule has 1 fully saturated rings. The molecule has 1 N–H and O–H groups in total. The molecule has 25 heavy (non-hydrogen) atoms. The van der Waals surface area contributed by atoms with Gasteiger partial charge in [-0.3, -0.25) is 4.79 Å². The minimum absolute atomic E-state index is 0.148. The predicted octanol–water partition coefficient (Wildman–Crippen LogP) is 3.95. The maximum atomic E-state index is 13.8. The number of halogens is 1. The Balaban J connectivity index is 1.86. The van der Waals surface area contributed by atoms with Crippen molar-refractivity contribution in [3.05, 3.63) is 47.7 Å². The average Bonchev–Trinajstić information content (AvgIpc) is 2.63. The molecule has 2 heterocycles. The summed E-state index contributed by atoms with van der Waals surface area (Å²) in [6, 6.07) is 8.24. The Kier molecular flexibility index (Phi) is 5.26. The van der Waals surface area contributed by atoms with E-state index in [0.29, 0.717) is 11.9 Å². The van der Waals surface area contributed by atoms with Crippen LogP contribution in [0.1, 0.15) is 48.9 Å². The zero-order valence-corrected chi connectivity index (χ0v) is 14.6. The minimum atomic E-state index is -0.469. The lowest BCUT2D eigenvalue weighted by atomic mass is 10.00. The number of nitrogens with zero attached hydrogens (tertiary/aromatic N) is 3. The number of aromatic nitrogens is 2. The molecule has 0 bridgehead atoms. The van der Waals surface area contributed by atoms with Gasteiger partial charge in [-0.25, -0.2) is 14.4 Å². The number of benzene rings is 1. The van der Waals surface area contributed by atoms with E-state index >= 15 is 0 Å². The maximum absolute atomic E-state index is 13.8. The topological polar surface area (TPSA) is 58.1 Å². The second kappa shape index (κ2) is 7.59. The molecule has 0 spiro atoms. The third-order valence-electron chi connectivity index (χ3n) is 4.57. The number of para-hydroxylation sites is 1. The summed E-state index contributed by atoms with van der Waals surface area (Å²) in [6.07, 6.45) is 4.52. The van der Waals surface area contributed by atoms with Gasteiger partial charge < -0.3 is 10.2 Å². The highest BCUT2D eigenvalue weighted by atomic mass is 19.1. The van der Waals surface area contributed by atoms with Crippen molar-refractivity contribution in [2.45, 2.75) is 45.6 Å². The van der Waals surface area contributed by atoms with Crippen LogP contribution in [0.4, 0.5) is 15.9 Å². The van der Waals surface area contributed by atoms with E-state index in [9.17, 15) is 9.18 Å². The third-order valence-corrected chi connectivity index (χ3v) is 4.57. The molecule has 1 saturated heterocycles. The second-order valence-corrected chi connectivity index (χ2v) is 6.34. The normalized spacial score (nSPS) is 17.4. The van der Waals surface area contributed by atoms with Gasteiger partial charge in [0.1, 0.15) is 23.2 Å². The Labute approximate surface area is 147 Å². The van der Waals surface area contributed by atoms with Crippen LogP contribution in [0.5, 0.6) is 0 Å². The molecule has 0 saturated carbocycles. The molecule has 3 rings (SSSR count). The van der Waals surface area contributed by atoms with Gasteiger partial charge in [0.05, 0.1) is 5.69 Å². The Bertz CT molecular complexity index is 765. The first-order valence-corrected chi connectivity index (χ1v) is 8.76. The fourth-order valence-corrected chi connectivity index (χ4v) is 3.29. The molecule has 0 radical (unpaired) electrons. The number of amides is 1. The third kappa shape index (κ3) is 3.95. The van der Waals surface area contributed by atoms with E-state index in [2.05, 4.69) is 27.1 Å². The van der Waals surface area contributed by atoms with Crippen LogP contribution < -0.4 is 10.2 Å². The van der Waals surface area contributed by atoms with Gasteiger partial charge in [0.2, 0.25) is 0 Å². The number of nitrogens with one attached hydrogen (secondary N) is 1. The summed E-state index contributed by atoms with van der Waals surface area (Å²) in [5.41, 5.74) is 0.404. The van der Waals surface area contributed by atoms with E-state index in [1.165, 1.54) is 18.6 Å². The van der Waals surface area contributed by atoms with Gasteiger partial charge in [-0.1, -0.05) is 19.1 Å². The van der Waals surface area contributed by atoms with Crippen LogP contribution in [0.25, 0.3) is 0 Å². The standard InChI is InChI=1S/C19H23FN4O/c1-3-14-8-6-7-11-24(14)18-12-17(21-13(2)22-18)19(25)23-16-10-5-4-9-15(16)20/h4-5,9-10,12,14H,3,6-8,11H2,1-2H3,(H,23,25). The number of piperidine rings is 1. The summed E-state index contributed by atoms with van der Waals surface area (Å²) in [6.45, 7) is 4.88. The van der Waals surface area contributed by atoms with Gasteiger partial charge in [-0.2, -0.15) is 0 Å². The molecular weight excluding hydrogens is 319 g/mol. The van der Waals surface area contributed by atoms with Crippen LogP contribution >= 0.6 is 0 Å².